The first kappa shape index (κ1) is 14.4. The molecule has 0 aromatic heterocycles. The Hall–Kier alpha value is -1.02. The van der Waals surface area contributed by atoms with Crippen LogP contribution in [0.5, 0.6) is 5.75 Å². The van der Waals surface area contributed by atoms with Crippen molar-refractivity contribution in [3.63, 3.8) is 0 Å². The fraction of sp³-hybridized carbons (Fsp3) is 0.412. The second-order valence-electron chi connectivity index (χ2n) is 5.14. The van der Waals surface area contributed by atoms with E-state index in [9.17, 15) is 0 Å². The SMILES string of the molecule is CCC(CC)(CBr)COc1ccc2ccccc2c1. The average molecular weight is 321 g/mol. The standard InChI is InChI=1S/C17H21BrO/c1-3-17(4-2,12-18)13-19-16-10-9-14-7-5-6-8-15(14)11-16/h5-11H,3-4,12-13H2,1-2H3. The maximum absolute atomic E-state index is 6.02. The van der Waals surface area contributed by atoms with E-state index in [1.165, 1.54) is 10.8 Å². The molecule has 0 spiro atoms. The molecule has 0 saturated heterocycles. The summed E-state index contributed by atoms with van der Waals surface area (Å²) in [6, 6.07) is 14.7. The highest BCUT2D eigenvalue weighted by Crippen LogP contribution is 2.30. The number of rotatable bonds is 6. The van der Waals surface area contributed by atoms with Crippen LogP contribution in [0, 0.1) is 5.41 Å². The molecule has 0 unspecified atom stereocenters. The summed E-state index contributed by atoms with van der Waals surface area (Å²) in [5.41, 5.74) is 0.242. The predicted octanol–water partition coefficient (Wildman–Crippen LogP) is 5.42. The maximum atomic E-state index is 6.02. The number of alkyl halides is 1. The fourth-order valence-electron chi connectivity index (χ4n) is 2.18. The van der Waals surface area contributed by atoms with Gasteiger partial charge in [-0.15, -0.1) is 0 Å². The zero-order valence-electron chi connectivity index (χ0n) is 11.7. The minimum atomic E-state index is 0.242. The van der Waals surface area contributed by atoms with E-state index in [2.05, 4.69) is 72.2 Å². The molecule has 0 N–H and O–H groups in total. The minimum absolute atomic E-state index is 0.242. The summed E-state index contributed by atoms with van der Waals surface area (Å²) in [6.45, 7) is 5.23. The average Bonchev–Trinajstić information content (AvgIpc) is 2.49. The van der Waals surface area contributed by atoms with Crippen molar-refractivity contribution in [3.05, 3.63) is 42.5 Å². The lowest BCUT2D eigenvalue weighted by Crippen LogP contribution is -2.28. The van der Waals surface area contributed by atoms with Crippen LogP contribution in [0.3, 0.4) is 0 Å². The highest BCUT2D eigenvalue weighted by atomic mass is 79.9. The Bertz CT molecular complexity index is 523. The van der Waals surface area contributed by atoms with Crippen LogP contribution < -0.4 is 4.74 Å². The molecule has 0 aliphatic heterocycles. The Morgan fingerprint density at radius 1 is 1.00 bits per heavy atom. The molecular weight excluding hydrogens is 300 g/mol. The van der Waals surface area contributed by atoms with Crippen LogP contribution in [-0.4, -0.2) is 11.9 Å². The van der Waals surface area contributed by atoms with Gasteiger partial charge in [-0.1, -0.05) is 60.1 Å². The largest absolute Gasteiger partial charge is 0.493 e. The molecule has 1 nitrogen and oxygen atoms in total. The van der Waals surface area contributed by atoms with E-state index in [0.29, 0.717) is 0 Å². The number of hydrogen-bond donors (Lipinski definition) is 0. The third kappa shape index (κ3) is 3.30. The molecule has 0 fully saturated rings. The second kappa shape index (κ2) is 6.42. The van der Waals surface area contributed by atoms with E-state index in [-0.39, 0.29) is 5.41 Å². The van der Waals surface area contributed by atoms with Gasteiger partial charge < -0.3 is 4.74 Å². The second-order valence-corrected chi connectivity index (χ2v) is 5.70. The predicted molar refractivity (Wildman–Crippen MR) is 86.3 cm³/mol. The zero-order valence-corrected chi connectivity index (χ0v) is 13.2. The van der Waals surface area contributed by atoms with Crippen molar-refractivity contribution >= 4 is 26.7 Å². The Morgan fingerprint density at radius 3 is 2.32 bits per heavy atom. The van der Waals surface area contributed by atoms with Gasteiger partial charge in [-0.25, -0.2) is 0 Å². The summed E-state index contributed by atoms with van der Waals surface area (Å²) in [7, 11) is 0. The molecule has 0 saturated carbocycles. The van der Waals surface area contributed by atoms with Gasteiger partial charge >= 0.3 is 0 Å². The number of hydrogen-bond acceptors (Lipinski definition) is 1. The monoisotopic (exact) mass is 320 g/mol. The van der Waals surface area contributed by atoms with Crippen molar-refractivity contribution < 1.29 is 4.74 Å². The molecule has 0 amide bonds. The van der Waals surface area contributed by atoms with Crippen molar-refractivity contribution in [1.29, 1.82) is 0 Å². The molecule has 0 atom stereocenters. The third-order valence-electron chi connectivity index (χ3n) is 4.05. The number of fused-ring (bicyclic) bond motifs is 1. The highest BCUT2D eigenvalue weighted by molar-refractivity contribution is 9.09. The number of benzene rings is 2. The van der Waals surface area contributed by atoms with Crippen LogP contribution in [0.25, 0.3) is 10.8 Å². The van der Waals surface area contributed by atoms with E-state index >= 15 is 0 Å². The van der Waals surface area contributed by atoms with Crippen LogP contribution >= 0.6 is 15.9 Å². The van der Waals surface area contributed by atoms with Gasteiger partial charge in [0.25, 0.3) is 0 Å². The summed E-state index contributed by atoms with van der Waals surface area (Å²) >= 11 is 3.63. The molecule has 0 heterocycles. The van der Waals surface area contributed by atoms with Crippen LogP contribution in [-0.2, 0) is 0 Å². The van der Waals surface area contributed by atoms with E-state index in [4.69, 9.17) is 4.74 Å². The summed E-state index contributed by atoms with van der Waals surface area (Å²) in [5.74, 6) is 0.964. The van der Waals surface area contributed by atoms with E-state index in [1.807, 2.05) is 0 Å². The molecule has 102 valence electrons. The lowest BCUT2D eigenvalue weighted by Gasteiger charge is -2.29. The van der Waals surface area contributed by atoms with Crippen molar-refractivity contribution in [2.45, 2.75) is 26.7 Å². The molecule has 0 radical (unpaired) electrons. The molecular formula is C17H21BrO. The van der Waals surface area contributed by atoms with E-state index < -0.39 is 0 Å². The van der Waals surface area contributed by atoms with Gasteiger partial charge in [0.1, 0.15) is 5.75 Å². The van der Waals surface area contributed by atoms with E-state index in [1.54, 1.807) is 0 Å². The molecule has 2 aromatic rings. The van der Waals surface area contributed by atoms with Gasteiger partial charge in [-0.2, -0.15) is 0 Å². The van der Waals surface area contributed by atoms with Crippen LogP contribution in [0.4, 0.5) is 0 Å². The summed E-state index contributed by atoms with van der Waals surface area (Å²) < 4.78 is 6.02. The van der Waals surface area contributed by atoms with Crippen molar-refractivity contribution in [3.8, 4) is 5.75 Å². The van der Waals surface area contributed by atoms with E-state index in [0.717, 1.165) is 30.5 Å². The highest BCUT2D eigenvalue weighted by Gasteiger charge is 2.25. The van der Waals surface area contributed by atoms with Gasteiger partial charge in [0, 0.05) is 10.7 Å². The fourth-order valence-corrected chi connectivity index (χ4v) is 3.13. The van der Waals surface area contributed by atoms with Gasteiger partial charge in [0.05, 0.1) is 6.61 Å². The van der Waals surface area contributed by atoms with Gasteiger partial charge in [0.15, 0.2) is 0 Å². The van der Waals surface area contributed by atoms with Gasteiger partial charge in [-0.05, 0) is 35.7 Å². The maximum Gasteiger partial charge on any atom is 0.119 e. The molecule has 0 bridgehead atoms. The van der Waals surface area contributed by atoms with Crippen LogP contribution in [0.15, 0.2) is 42.5 Å². The summed E-state index contributed by atoms with van der Waals surface area (Å²) in [4.78, 5) is 0. The molecule has 2 aromatic carbocycles. The van der Waals surface area contributed by atoms with Crippen LogP contribution in [0.2, 0.25) is 0 Å². The van der Waals surface area contributed by atoms with Crippen molar-refractivity contribution in [2.24, 2.45) is 5.41 Å². The quantitative estimate of drug-likeness (QED) is 0.646. The molecule has 0 aliphatic rings. The summed E-state index contributed by atoms with van der Waals surface area (Å²) in [6.07, 6.45) is 2.25. The topological polar surface area (TPSA) is 9.23 Å². The molecule has 2 rings (SSSR count). The first-order valence-corrected chi connectivity index (χ1v) is 8.03. The van der Waals surface area contributed by atoms with Crippen molar-refractivity contribution in [2.75, 3.05) is 11.9 Å². The molecule has 19 heavy (non-hydrogen) atoms. The van der Waals surface area contributed by atoms with Crippen LogP contribution in [0.1, 0.15) is 26.7 Å². The van der Waals surface area contributed by atoms with Gasteiger partial charge in [-0.3, -0.25) is 0 Å². The van der Waals surface area contributed by atoms with Crippen molar-refractivity contribution in [1.82, 2.24) is 0 Å². The lowest BCUT2D eigenvalue weighted by atomic mass is 9.86. The van der Waals surface area contributed by atoms with Gasteiger partial charge in [0.2, 0.25) is 0 Å². The Labute approximate surface area is 124 Å². The zero-order chi connectivity index (χ0) is 13.7. The first-order valence-electron chi connectivity index (χ1n) is 6.90. The number of halogens is 1. The smallest absolute Gasteiger partial charge is 0.119 e. The third-order valence-corrected chi connectivity index (χ3v) is 5.24. The Balaban J connectivity index is 2.13. The first-order chi connectivity index (χ1) is 9.23. The normalized spacial score (nSPS) is 11.7. The summed E-state index contributed by atoms with van der Waals surface area (Å²) in [5, 5.41) is 3.48. The molecule has 2 heteroatoms. The number of ether oxygens (including phenoxy) is 1. The Kier molecular flexibility index (Phi) is 4.87. The minimum Gasteiger partial charge on any atom is -0.493 e. The lowest BCUT2D eigenvalue weighted by molar-refractivity contribution is 0.158. The molecule has 0 aliphatic carbocycles. The Morgan fingerprint density at radius 2 is 1.68 bits per heavy atom.